The van der Waals surface area contributed by atoms with E-state index in [1.807, 2.05) is 29.5 Å². The van der Waals surface area contributed by atoms with E-state index in [-0.39, 0.29) is 0 Å². The summed E-state index contributed by atoms with van der Waals surface area (Å²) in [7, 11) is 0. The Kier molecular flexibility index (Phi) is 2.98. The summed E-state index contributed by atoms with van der Waals surface area (Å²) in [5.41, 5.74) is 3.40. The van der Waals surface area contributed by atoms with Gasteiger partial charge in [-0.15, -0.1) is 11.3 Å². The summed E-state index contributed by atoms with van der Waals surface area (Å²) in [6.45, 7) is 2.88. The predicted molar refractivity (Wildman–Crippen MR) is 83.5 cm³/mol. The summed E-state index contributed by atoms with van der Waals surface area (Å²) >= 11 is 7.22. The highest BCUT2D eigenvalue weighted by molar-refractivity contribution is 7.71. The van der Waals surface area contributed by atoms with Gasteiger partial charge in [0.15, 0.2) is 5.58 Å². The number of hydrogen-bond acceptors (Lipinski definition) is 4. The van der Waals surface area contributed by atoms with Crippen LogP contribution >= 0.6 is 23.6 Å². The Bertz CT molecular complexity index is 815. The number of hydrogen-bond donors (Lipinski definition) is 0. The summed E-state index contributed by atoms with van der Waals surface area (Å²) in [5, 5.41) is 2.19. The van der Waals surface area contributed by atoms with Crippen LogP contribution in [0.2, 0.25) is 0 Å². The maximum Gasteiger partial charge on any atom is 0.270 e. The van der Waals surface area contributed by atoms with Crippen LogP contribution in [0.5, 0.6) is 0 Å². The zero-order valence-electron chi connectivity index (χ0n) is 10.9. The van der Waals surface area contributed by atoms with Crippen LogP contribution in [0, 0.1) is 4.84 Å². The van der Waals surface area contributed by atoms with Crippen molar-refractivity contribution in [3.8, 4) is 0 Å². The normalized spacial score (nSPS) is 15.6. The minimum absolute atomic E-state index is 0.558. The zero-order valence-corrected chi connectivity index (χ0v) is 12.5. The van der Waals surface area contributed by atoms with E-state index >= 15 is 0 Å². The SMILES string of the molecule is S=c1oc2ccccc2n1CN1CCc2sccc2C1. The van der Waals surface area contributed by atoms with Crippen molar-refractivity contribution >= 4 is 34.7 Å². The van der Waals surface area contributed by atoms with Gasteiger partial charge in [0.05, 0.1) is 12.2 Å². The third-order valence-electron chi connectivity index (χ3n) is 3.80. The molecule has 3 heterocycles. The van der Waals surface area contributed by atoms with Gasteiger partial charge in [0.2, 0.25) is 0 Å². The van der Waals surface area contributed by atoms with Crippen molar-refractivity contribution in [3.63, 3.8) is 0 Å². The number of fused-ring (bicyclic) bond motifs is 2. The highest BCUT2D eigenvalue weighted by Crippen LogP contribution is 2.25. The molecule has 0 bridgehead atoms. The van der Waals surface area contributed by atoms with Gasteiger partial charge in [-0.2, -0.15) is 0 Å². The zero-order chi connectivity index (χ0) is 13.5. The van der Waals surface area contributed by atoms with Crippen molar-refractivity contribution in [1.82, 2.24) is 9.47 Å². The summed E-state index contributed by atoms with van der Waals surface area (Å²) in [5.74, 6) is 0. The number of oxazole rings is 1. The summed E-state index contributed by atoms with van der Waals surface area (Å²) < 4.78 is 7.73. The van der Waals surface area contributed by atoms with E-state index in [0.717, 1.165) is 37.3 Å². The molecule has 3 aromatic rings. The molecule has 0 saturated heterocycles. The Labute approximate surface area is 126 Å². The smallest absolute Gasteiger partial charge is 0.270 e. The van der Waals surface area contributed by atoms with Gasteiger partial charge in [-0.25, -0.2) is 0 Å². The van der Waals surface area contributed by atoms with E-state index < -0.39 is 0 Å². The van der Waals surface area contributed by atoms with Gasteiger partial charge in [0.1, 0.15) is 0 Å². The largest absolute Gasteiger partial charge is 0.429 e. The van der Waals surface area contributed by atoms with Gasteiger partial charge < -0.3 is 4.42 Å². The maximum absolute atomic E-state index is 5.65. The van der Waals surface area contributed by atoms with Crippen LogP contribution < -0.4 is 0 Å². The van der Waals surface area contributed by atoms with Crippen LogP contribution in [0.25, 0.3) is 11.1 Å². The number of thiophene rings is 1. The van der Waals surface area contributed by atoms with Crippen molar-refractivity contribution < 1.29 is 4.42 Å². The standard InChI is InChI=1S/C15H14N2OS2/c19-15-17(12-3-1-2-4-13(12)18-15)10-16-7-5-14-11(9-16)6-8-20-14/h1-4,6,8H,5,7,9-10H2. The molecule has 0 radical (unpaired) electrons. The van der Waals surface area contributed by atoms with E-state index in [0.29, 0.717) is 4.84 Å². The molecule has 4 rings (SSSR count). The first kappa shape index (κ1) is 12.3. The van der Waals surface area contributed by atoms with E-state index in [9.17, 15) is 0 Å². The summed E-state index contributed by atoms with van der Waals surface area (Å²) in [6, 6.07) is 10.3. The first-order chi connectivity index (χ1) is 9.81. The molecule has 0 unspecified atom stereocenters. The lowest BCUT2D eigenvalue weighted by Crippen LogP contribution is -2.31. The molecule has 0 aliphatic carbocycles. The Balaban J connectivity index is 1.66. The van der Waals surface area contributed by atoms with Crippen LogP contribution in [-0.4, -0.2) is 16.0 Å². The average Bonchev–Trinajstić information content (AvgIpc) is 3.04. The van der Waals surface area contributed by atoms with Crippen LogP contribution in [0.1, 0.15) is 10.4 Å². The molecule has 102 valence electrons. The van der Waals surface area contributed by atoms with Crippen molar-refractivity contribution in [2.24, 2.45) is 0 Å². The first-order valence-electron chi connectivity index (χ1n) is 6.67. The second-order valence-electron chi connectivity index (χ2n) is 5.08. The molecule has 0 amide bonds. The van der Waals surface area contributed by atoms with Crippen LogP contribution in [0.4, 0.5) is 0 Å². The van der Waals surface area contributed by atoms with E-state index in [1.54, 1.807) is 0 Å². The third kappa shape index (κ3) is 2.02. The number of para-hydroxylation sites is 2. The molecule has 0 saturated carbocycles. The minimum Gasteiger partial charge on any atom is -0.429 e. The van der Waals surface area contributed by atoms with Gasteiger partial charge in [0.25, 0.3) is 4.84 Å². The molecule has 0 atom stereocenters. The number of benzene rings is 1. The molecule has 2 aromatic heterocycles. The Morgan fingerprint density at radius 1 is 1.25 bits per heavy atom. The van der Waals surface area contributed by atoms with Gasteiger partial charge in [-0.3, -0.25) is 9.47 Å². The Morgan fingerprint density at radius 2 is 2.15 bits per heavy atom. The lowest BCUT2D eigenvalue weighted by atomic mass is 10.1. The van der Waals surface area contributed by atoms with Crippen molar-refractivity contribution in [3.05, 3.63) is 51.0 Å². The molecule has 0 N–H and O–H groups in total. The van der Waals surface area contributed by atoms with Crippen LogP contribution in [0.3, 0.4) is 0 Å². The number of rotatable bonds is 2. The second kappa shape index (κ2) is 4.84. The Morgan fingerprint density at radius 3 is 3.10 bits per heavy atom. The summed E-state index contributed by atoms with van der Waals surface area (Å²) in [4.78, 5) is 4.51. The van der Waals surface area contributed by atoms with E-state index in [2.05, 4.69) is 27.0 Å². The fraction of sp³-hybridized carbons (Fsp3) is 0.267. The Hall–Kier alpha value is -1.43. The third-order valence-corrected chi connectivity index (χ3v) is 5.13. The molecule has 3 nitrogen and oxygen atoms in total. The fourth-order valence-electron chi connectivity index (χ4n) is 2.78. The lowest BCUT2D eigenvalue weighted by Gasteiger charge is -2.26. The molecule has 0 fully saturated rings. The van der Waals surface area contributed by atoms with Gasteiger partial charge in [0, 0.05) is 18.0 Å². The van der Waals surface area contributed by atoms with Crippen molar-refractivity contribution in [1.29, 1.82) is 0 Å². The van der Waals surface area contributed by atoms with Gasteiger partial charge in [-0.05, 0) is 47.8 Å². The van der Waals surface area contributed by atoms with Crippen LogP contribution in [0.15, 0.2) is 40.1 Å². The molecule has 20 heavy (non-hydrogen) atoms. The van der Waals surface area contributed by atoms with Crippen molar-refractivity contribution in [2.75, 3.05) is 6.54 Å². The second-order valence-corrected chi connectivity index (χ2v) is 6.43. The molecule has 1 aliphatic rings. The average molecular weight is 302 g/mol. The van der Waals surface area contributed by atoms with Gasteiger partial charge >= 0.3 is 0 Å². The quantitative estimate of drug-likeness (QED) is 0.667. The molecule has 1 aliphatic heterocycles. The molecule has 1 aromatic carbocycles. The highest BCUT2D eigenvalue weighted by atomic mass is 32.1. The van der Waals surface area contributed by atoms with Gasteiger partial charge in [-0.1, -0.05) is 12.1 Å². The highest BCUT2D eigenvalue weighted by Gasteiger charge is 2.18. The minimum atomic E-state index is 0.558. The monoisotopic (exact) mass is 302 g/mol. The molecule has 0 spiro atoms. The lowest BCUT2D eigenvalue weighted by molar-refractivity contribution is 0.200. The number of nitrogens with zero attached hydrogens (tertiary/aromatic N) is 2. The summed E-state index contributed by atoms with van der Waals surface area (Å²) in [6.07, 6.45) is 1.14. The molecular weight excluding hydrogens is 288 g/mol. The maximum atomic E-state index is 5.65. The topological polar surface area (TPSA) is 21.3 Å². The van der Waals surface area contributed by atoms with E-state index in [1.165, 1.54) is 10.4 Å². The van der Waals surface area contributed by atoms with E-state index in [4.69, 9.17) is 16.6 Å². The fourth-order valence-corrected chi connectivity index (χ4v) is 3.91. The first-order valence-corrected chi connectivity index (χ1v) is 7.96. The van der Waals surface area contributed by atoms with Crippen molar-refractivity contribution in [2.45, 2.75) is 19.6 Å². The predicted octanol–water partition coefficient (Wildman–Crippen LogP) is 4.04. The molecule has 5 heteroatoms. The molecular formula is C15H14N2OS2. The number of aromatic nitrogens is 1. The van der Waals surface area contributed by atoms with Crippen LogP contribution in [-0.2, 0) is 19.6 Å².